The highest BCUT2D eigenvalue weighted by atomic mass is 16.5. The number of carbonyl (C=O) groups is 2. The molecule has 0 bridgehead atoms. The van der Waals surface area contributed by atoms with Gasteiger partial charge >= 0.3 is 5.97 Å². The van der Waals surface area contributed by atoms with Gasteiger partial charge in [-0.2, -0.15) is 0 Å². The molecule has 8 nitrogen and oxygen atoms in total. The Morgan fingerprint density at radius 3 is 3.04 bits per heavy atom. The zero-order valence-corrected chi connectivity index (χ0v) is 14.8. The first kappa shape index (κ1) is 18.6. The predicted octanol–water partition coefficient (Wildman–Crippen LogP) is 1.20. The first-order valence-electron chi connectivity index (χ1n) is 8.76. The number of carboxylic acids is 1. The molecule has 0 radical (unpaired) electrons. The van der Waals surface area contributed by atoms with Crippen LogP contribution < -0.4 is 4.74 Å². The summed E-state index contributed by atoms with van der Waals surface area (Å²) in [5.41, 5.74) is -0.622. The maximum absolute atomic E-state index is 12.9. The quantitative estimate of drug-likeness (QED) is 0.810. The molecule has 142 valence electrons. The number of carboxylic acid groups (broad SMARTS) is 1. The molecular formula is C18H24N2O6. The van der Waals surface area contributed by atoms with Crippen molar-refractivity contribution in [2.24, 2.45) is 5.41 Å². The van der Waals surface area contributed by atoms with Crippen LogP contribution in [0.3, 0.4) is 0 Å². The Morgan fingerprint density at radius 2 is 2.35 bits per heavy atom. The van der Waals surface area contributed by atoms with Crippen molar-refractivity contribution in [3.05, 3.63) is 23.9 Å². The highest BCUT2D eigenvalue weighted by Gasteiger charge is 2.44. The van der Waals surface area contributed by atoms with Crippen LogP contribution in [0.25, 0.3) is 0 Å². The number of carbonyl (C=O) groups excluding carboxylic acids is 1. The maximum atomic E-state index is 12.9. The molecule has 2 fully saturated rings. The number of likely N-dealkylation sites (tertiary alicyclic amines) is 1. The third-order valence-electron chi connectivity index (χ3n) is 4.90. The second-order valence-corrected chi connectivity index (χ2v) is 6.83. The van der Waals surface area contributed by atoms with E-state index in [0.29, 0.717) is 44.0 Å². The second-order valence-electron chi connectivity index (χ2n) is 6.83. The van der Waals surface area contributed by atoms with Gasteiger partial charge in [0.25, 0.3) is 5.91 Å². The predicted molar refractivity (Wildman–Crippen MR) is 91.2 cm³/mol. The van der Waals surface area contributed by atoms with Gasteiger partial charge in [-0.3, -0.25) is 9.59 Å². The SMILES string of the molecule is COCC1(C(=O)O)CCCN(C(=O)c2ccnc(OC3CCOC3)c2)C1. The highest BCUT2D eigenvalue weighted by molar-refractivity contribution is 5.95. The molecule has 0 aromatic carbocycles. The van der Waals surface area contributed by atoms with Gasteiger partial charge in [0.15, 0.2) is 0 Å². The molecule has 1 N–H and O–H groups in total. The minimum absolute atomic E-state index is 0.0517. The van der Waals surface area contributed by atoms with Gasteiger partial charge in [-0.15, -0.1) is 0 Å². The van der Waals surface area contributed by atoms with E-state index in [-0.39, 0.29) is 25.2 Å². The van der Waals surface area contributed by atoms with E-state index < -0.39 is 11.4 Å². The summed E-state index contributed by atoms with van der Waals surface area (Å²) in [5, 5.41) is 9.63. The van der Waals surface area contributed by atoms with Crippen LogP contribution in [0.4, 0.5) is 0 Å². The summed E-state index contributed by atoms with van der Waals surface area (Å²) < 4.78 is 16.1. The molecule has 2 atom stereocenters. The van der Waals surface area contributed by atoms with Crippen LogP contribution in [0.2, 0.25) is 0 Å². The lowest BCUT2D eigenvalue weighted by molar-refractivity contribution is -0.155. The molecule has 3 rings (SSSR count). The van der Waals surface area contributed by atoms with Gasteiger partial charge in [0.1, 0.15) is 11.5 Å². The molecule has 2 unspecified atom stereocenters. The Bertz CT molecular complexity index is 657. The largest absolute Gasteiger partial charge is 0.481 e. The van der Waals surface area contributed by atoms with Gasteiger partial charge in [0, 0.05) is 44.4 Å². The summed E-state index contributed by atoms with van der Waals surface area (Å²) in [5.74, 6) is -0.775. The van der Waals surface area contributed by atoms with E-state index >= 15 is 0 Å². The Hall–Kier alpha value is -2.19. The van der Waals surface area contributed by atoms with Gasteiger partial charge in [0.2, 0.25) is 5.88 Å². The second kappa shape index (κ2) is 8.01. The van der Waals surface area contributed by atoms with Crippen LogP contribution in [-0.4, -0.2) is 73.0 Å². The molecule has 2 saturated heterocycles. The Balaban J connectivity index is 1.72. The average molecular weight is 364 g/mol. The van der Waals surface area contributed by atoms with Crippen LogP contribution in [0.5, 0.6) is 5.88 Å². The molecule has 0 saturated carbocycles. The summed E-state index contributed by atoms with van der Waals surface area (Å²) in [6, 6.07) is 3.22. The number of aliphatic carboxylic acids is 1. The number of nitrogens with zero attached hydrogens (tertiary/aromatic N) is 2. The van der Waals surface area contributed by atoms with Crippen LogP contribution in [0, 0.1) is 5.41 Å². The molecule has 1 aromatic heterocycles. The molecule has 26 heavy (non-hydrogen) atoms. The van der Waals surface area contributed by atoms with Gasteiger partial charge < -0.3 is 24.2 Å². The lowest BCUT2D eigenvalue weighted by atomic mass is 9.80. The fourth-order valence-electron chi connectivity index (χ4n) is 3.50. The van der Waals surface area contributed by atoms with E-state index in [0.717, 1.165) is 6.42 Å². The average Bonchev–Trinajstić information content (AvgIpc) is 3.14. The van der Waals surface area contributed by atoms with Crippen molar-refractivity contribution in [3.8, 4) is 5.88 Å². The third kappa shape index (κ3) is 3.96. The van der Waals surface area contributed by atoms with Gasteiger partial charge in [-0.1, -0.05) is 0 Å². The first-order valence-corrected chi connectivity index (χ1v) is 8.76. The fourth-order valence-corrected chi connectivity index (χ4v) is 3.50. The van der Waals surface area contributed by atoms with E-state index in [2.05, 4.69) is 4.98 Å². The highest BCUT2D eigenvalue weighted by Crippen LogP contribution is 2.31. The minimum Gasteiger partial charge on any atom is -0.481 e. The van der Waals surface area contributed by atoms with Crippen molar-refractivity contribution >= 4 is 11.9 Å². The summed E-state index contributed by atoms with van der Waals surface area (Å²) in [7, 11) is 1.48. The van der Waals surface area contributed by atoms with Gasteiger partial charge in [0.05, 0.1) is 19.8 Å². The number of hydrogen-bond acceptors (Lipinski definition) is 6. The molecule has 8 heteroatoms. The Labute approximate surface area is 152 Å². The molecule has 2 aliphatic rings. The van der Waals surface area contributed by atoms with Crippen molar-refractivity contribution in [1.82, 2.24) is 9.88 Å². The molecular weight excluding hydrogens is 340 g/mol. The molecule has 1 aromatic rings. The van der Waals surface area contributed by atoms with E-state index in [1.54, 1.807) is 17.0 Å². The summed E-state index contributed by atoms with van der Waals surface area (Å²) in [6.45, 7) is 1.91. The molecule has 0 spiro atoms. The summed E-state index contributed by atoms with van der Waals surface area (Å²) in [6.07, 6.45) is 3.39. The third-order valence-corrected chi connectivity index (χ3v) is 4.90. The topological polar surface area (TPSA) is 98.2 Å². The minimum atomic E-state index is -1.06. The first-order chi connectivity index (χ1) is 12.5. The van der Waals surface area contributed by atoms with Crippen molar-refractivity contribution in [2.45, 2.75) is 25.4 Å². The molecule has 0 aliphatic carbocycles. The van der Waals surface area contributed by atoms with Crippen LogP contribution in [0.1, 0.15) is 29.6 Å². The number of aromatic nitrogens is 1. The summed E-state index contributed by atoms with van der Waals surface area (Å²) >= 11 is 0. The molecule has 1 amide bonds. The number of piperidine rings is 1. The van der Waals surface area contributed by atoms with Crippen LogP contribution in [-0.2, 0) is 14.3 Å². The van der Waals surface area contributed by atoms with E-state index in [9.17, 15) is 14.7 Å². The lowest BCUT2D eigenvalue weighted by Gasteiger charge is -2.39. The number of rotatable bonds is 6. The Morgan fingerprint density at radius 1 is 1.50 bits per heavy atom. The lowest BCUT2D eigenvalue weighted by Crippen LogP contribution is -2.52. The van der Waals surface area contributed by atoms with Crippen LogP contribution >= 0.6 is 0 Å². The normalized spacial score (nSPS) is 25.9. The number of pyridine rings is 1. The molecule has 2 aliphatic heterocycles. The van der Waals surface area contributed by atoms with E-state index in [4.69, 9.17) is 14.2 Å². The number of methoxy groups -OCH3 is 1. The molecule has 3 heterocycles. The van der Waals surface area contributed by atoms with E-state index in [1.165, 1.54) is 13.3 Å². The van der Waals surface area contributed by atoms with Crippen molar-refractivity contribution in [2.75, 3.05) is 40.0 Å². The zero-order chi connectivity index (χ0) is 18.6. The van der Waals surface area contributed by atoms with Gasteiger partial charge in [-0.05, 0) is 18.9 Å². The van der Waals surface area contributed by atoms with Gasteiger partial charge in [-0.25, -0.2) is 4.98 Å². The fraction of sp³-hybridized carbons (Fsp3) is 0.611. The van der Waals surface area contributed by atoms with E-state index in [1.807, 2.05) is 0 Å². The monoisotopic (exact) mass is 364 g/mol. The number of hydrogen-bond donors (Lipinski definition) is 1. The zero-order valence-electron chi connectivity index (χ0n) is 14.8. The maximum Gasteiger partial charge on any atom is 0.313 e. The van der Waals surface area contributed by atoms with Crippen LogP contribution in [0.15, 0.2) is 18.3 Å². The standard InChI is InChI=1S/C18H24N2O6/c1-24-12-18(17(22)23)5-2-7-20(11-18)16(21)13-3-6-19-15(9-13)26-14-4-8-25-10-14/h3,6,9,14H,2,4-5,7-8,10-12H2,1H3,(H,22,23). The number of ether oxygens (including phenoxy) is 3. The smallest absolute Gasteiger partial charge is 0.313 e. The summed E-state index contributed by atoms with van der Waals surface area (Å²) in [4.78, 5) is 30.4. The van der Waals surface area contributed by atoms with Crippen molar-refractivity contribution < 1.29 is 28.9 Å². The van der Waals surface area contributed by atoms with Crippen molar-refractivity contribution in [1.29, 1.82) is 0 Å². The Kier molecular flexibility index (Phi) is 5.73. The number of amides is 1. The van der Waals surface area contributed by atoms with Crippen molar-refractivity contribution in [3.63, 3.8) is 0 Å².